The van der Waals surface area contributed by atoms with E-state index in [-0.39, 0.29) is 24.8 Å². The van der Waals surface area contributed by atoms with Gasteiger partial charge in [0, 0.05) is 24.0 Å². The predicted octanol–water partition coefficient (Wildman–Crippen LogP) is 4.70. The van der Waals surface area contributed by atoms with Gasteiger partial charge in [-0.15, -0.1) is 0 Å². The lowest BCUT2D eigenvalue weighted by Crippen LogP contribution is -2.61. The van der Waals surface area contributed by atoms with Crippen molar-refractivity contribution in [1.82, 2.24) is 14.5 Å². The number of hydrogen-bond donors (Lipinski definition) is 0. The van der Waals surface area contributed by atoms with Crippen molar-refractivity contribution in [3.05, 3.63) is 54.0 Å². The summed E-state index contributed by atoms with van der Waals surface area (Å²) in [6, 6.07) is 12.9. The largest absolute Gasteiger partial charge is 0.464 e. The zero-order valence-electron chi connectivity index (χ0n) is 20.7. The first-order chi connectivity index (χ1) is 18.0. The molecule has 0 bridgehead atoms. The van der Waals surface area contributed by atoms with E-state index < -0.39 is 16.3 Å². The van der Waals surface area contributed by atoms with Crippen molar-refractivity contribution in [3.8, 4) is 11.8 Å². The average Bonchev–Trinajstić information content (AvgIpc) is 3.29. The maximum atomic E-state index is 12.9. The molecule has 2 fully saturated rings. The minimum atomic E-state index is -0.724. The zero-order valence-corrected chi connectivity index (χ0v) is 22.3. The molecule has 2 aromatic heterocycles. The van der Waals surface area contributed by atoms with Gasteiger partial charge in [0.2, 0.25) is 0 Å². The summed E-state index contributed by atoms with van der Waals surface area (Å²) >= 11 is 3.51. The number of Topliss-reactive ketones (excluding diaryl/α,β-unsaturated/α-hetero) is 1. The molecule has 9 heteroatoms. The summed E-state index contributed by atoms with van der Waals surface area (Å²) in [7, 11) is 0. The van der Waals surface area contributed by atoms with Gasteiger partial charge in [0.05, 0.1) is 24.5 Å². The number of aliphatic imine (C=N–C) groups is 1. The molecular weight excluding hydrogens is 534 g/mol. The van der Waals surface area contributed by atoms with Crippen molar-refractivity contribution in [2.75, 3.05) is 6.61 Å². The molecule has 2 saturated carbocycles. The monoisotopic (exact) mass is 561 g/mol. The Morgan fingerprint density at radius 1 is 1.27 bits per heavy atom. The summed E-state index contributed by atoms with van der Waals surface area (Å²) < 4.78 is 7.24. The Hall–Kier alpha value is -3.38. The number of benzene rings is 1. The molecule has 2 aliphatic rings. The molecule has 0 aliphatic heterocycles. The quantitative estimate of drug-likeness (QED) is 0.305. The summed E-state index contributed by atoms with van der Waals surface area (Å²) in [6.07, 6.45) is 6.96. The minimum Gasteiger partial charge on any atom is -0.464 e. The van der Waals surface area contributed by atoms with Gasteiger partial charge in [0.25, 0.3) is 0 Å². The van der Waals surface area contributed by atoms with Crippen LogP contribution < -0.4 is 0 Å². The number of halogens is 1. The molecule has 0 radical (unpaired) electrons. The maximum Gasteiger partial charge on any atom is 0.331 e. The number of pyridine rings is 1. The summed E-state index contributed by atoms with van der Waals surface area (Å²) in [5, 5.41) is 9.27. The third-order valence-electron chi connectivity index (χ3n) is 7.34. The number of alkyl halides is 1. The first-order valence-electron chi connectivity index (χ1n) is 12.7. The van der Waals surface area contributed by atoms with Crippen molar-refractivity contribution in [3.63, 3.8) is 0 Å². The molecule has 37 heavy (non-hydrogen) atoms. The molecule has 3 aromatic rings. The standard InChI is InChI=1S/C28H28BrN5O3/c1-2-37-27(36)21(33-24-23(29)25(35)28(24)13-4-3-5-14-28)17-18-8-10-19(11-9-18)34-22(12-15-30)32-20-7-6-16-31-26(20)34/h6-11,16,21,23H,2-5,12-14,17H2,1H3/t21-,23?/m0/s1. The number of hydrogen-bond acceptors (Lipinski definition) is 7. The second-order valence-electron chi connectivity index (χ2n) is 9.57. The molecule has 0 amide bonds. The highest BCUT2D eigenvalue weighted by Gasteiger charge is 2.58. The number of ether oxygens (including phenoxy) is 1. The van der Waals surface area contributed by atoms with Crippen LogP contribution in [0.4, 0.5) is 0 Å². The maximum absolute atomic E-state index is 12.9. The van der Waals surface area contributed by atoms with E-state index in [0.717, 1.165) is 54.6 Å². The molecule has 0 saturated heterocycles. The number of nitrogens with zero attached hydrogens (tertiary/aromatic N) is 5. The van der Waals surface area contributed by atoms with E-state index in [1.54, 1.807) is 13.1 Å². The SMILES string of the molecule is CCOC(=O)[C@H](Cc1ccc(-n2c(CC#N)nc3cccnc32)cc1)N=C1C(Br)C(=O)C12CCCCC2. The van der Waals surface area contributed by atoms with E-state index in [4.69, 9.17) is 9.73 Å². The molecule has 1 aromatic carbocycles. The van der Waals surface area contributed by atoms with Crippen LogP contribution in [0.2, 0.25) is 0 Å². The highest BCUT2D eigenvalue weighted by atomic mass is 79.9. The lowest BCUT2D eigenvalue weighted by atomic mass is 9.58. The van der Waals surface area contributed by atoms with Crippen molar-refractivity contribution >= 4 is 44.6 Å². The highest BCUT2D eigenvalue weighted by molar-refractivity contribution is 9.10. The number of carbonyl (C=O) groups is 2. The van der Waals surface area contributed by atoms with Crippen LogP contribution in [0.15, 0.2) is 47.6 Å². The van der Waals surface area contributed by atoms with Crippen LogP contribution in [-0.4, -0.2) is 49.5 Å². The Balaban J connectivity index is 1.44. The number of nitriles is 1. The van der Waals surface area contributed by atoms with Gasteiger partial charge in [0.15, 0.2) is 17.5 Å². The van der Waals surface area contributed by atoms with E-state index in [1.807, 2.05) is 41.0 Å². The van der Waals surface area contributed by atoms with Crippen LogP contribution in [0, 0.1) is 16.7 Å². The molecule has 190 valence electrons. The second-order valence-corrected chi connectivity index (χ2v) is 10.5. The number of fused-ring (bicyclic) bond motifs is 1. The Morgan fingerprint density at radius 3 is 2.73 bits per heavy atom. The second kappa shape index (κ2) is 10.5. The molecule has 0 N–H and O–H groups in total. The van der Waals surface area contributed by atoms with E-state index in [9.17, 15) is 14.9 Å². The van der Waals surface area contributed by atoms with Crippen LogP contribution in [0.1, 0.15) is 50.4 Å². The van der Waals surface area contributed by atoms with Crippen molar-refractivity contribution < 1.29 is 14.3 Å². The topological polar surface area (TPSA) is 110 Å². The number of ketones is 1. The first-order valence-corrected chi connectivity index (χ1v) is 13.6. The number of carbonyl (C=O) groups excluding carboxylic acids is 2. The van der Waals surface area contributed by atoms with Gasteiger partial charge in [-0.25, -0.2) is 14.8 Å². The van der Waals surface area contributed by atoms with Crippen LogP contribution in [0.25, 0.3) is 16.9 Å². The lowest BCUT2D eigenvalue weighted by Gasteiger charge is -2.47. The zero-order chi connectivity index (χ0) is 26.0. The molecule has 1 spiro atoms. The fraction of sp³-hybridized carbons (Fsp3) is 0.429. The number of rotatable bonds is 7. The van der Waals surface area contributed by atoms with Gasteiger partial charge in [-0.05, 0) is 49.6 Å². The molecule has 1 unspecified atom stereocenters. The van der Waals surface area contributed by atoms with E-state index in [2.05, 4.69) is 32.0 Å². The van der Waals surface area contributed by atoms with Crippen LogP contribution in [0.3, 0.4) is 0 Å². The van der Waals surface area contributed by atoms with Gasteiger partial charge in [-0.3, -0.25) is 14.4 Å². The van der Waals surface area contributed by atoms with Gasteiger partial charge >= 0.3 is 5.97 Å². The lowest BCUT2D eigenvalue weighted by molar-refractivity contribution is -0.144. The Morgan fingerprint density at radius 2 is 2.03 bits per heavy atom. The average molecular weight is 562 g/mol. The van der Waals surface area contributed by atoms with Gasteiger partial charge in [-0.2, -0.15) is 5.26 Å². The summed E-state index contributed by atoms with van der Waals surface area (Å²) in [5.74, 6) is 0.424. The van der Waals surface area contributed by atoms with Gasteiger partial charge in [-0.1, -0.05) is 47.3 Å². The highest BCUT2D eigenvalue weighted by Crippen LogP contribution is 2.49. The molecule has 2 heterocycles. The number of esters is 1. The summed E-state index contributed by atoms with van der Waals surface area (Å²) in [5.41, 5.74) is 3.44. The smallest absolute Gasteiger partial charge is 0.331 e. The van der Waals surface area contributed by atoms with E-state index in [1.165, 1.54) is 0 Å². The third-order valence-corrected chi connectivity index (χ3v) is 8.19. The van der Waals surface area contributed by atoms with Crippen molar-refractivity contribution in [2.24, 2.45) is 10.4 Å². The summed E-state index contributed by atoms with van der Waals surface area (Å²) in [6.45, 7) is 2.05. The third kappa shape index (κ3) is 4.59. The normalized spacial score (nSPS) is 20.5. The molecule has 5 rings (SSSR count). The molecule has 8 nitrogen and oxygen atoms in total. The Kier molecular flexibility index (Phi) is 7.20. The van der Waals surface area contributed by atoms with Crippen LogP contribution in [0.5, 0.6) is 0 Å². The predicted molar refractivity (Wildman–Crippen MR) is 143 cm³/mol. The Bertz CT molecular complexity index is 1400. The Labute approximate surface area is 223 Å². The molecule has 2 aliphatic carbocycles. The number of imidazole rings is 1. The van der Waals surface area contributed by atoms with Crippen LogP contribution in [-0.2, 0) is 27.2 Å². The van der Waals surface area contributed by atoms with Crippen molar-refractivity contribution in [1.29, 1.82) is 5.26 Å². The van der Waals surface area contributed by atoms with Crippen LogP contribution >= 0.6 is 15.9 Å². The first kappa shape index (κ1) is 25.3. The number of aromatic nitrogens is 3. The molecular formula is C28H28BrN5O3. The fourth-order valence-electron chi connectivity index (χ4n) is 5.52. The van der Waals surface area contributed by atoms with E-state index in [0.29, 0.717) is 17.9 Å². The van der Waals surface area contributed by atoms with Crippen molar-refractivity contribution in [2.45, 2.75) is 62.7 Å². The summed E-state index contributed by atoms with van der Waals surface area (Å²) in [4.78, 5) is 39.2. The minimum absolute atomic E-state index is 0.161. The molecule has 2 atom stereocenters. The van der Waals surface area contributed by atoms with Gasteiger partial charge in [0.1, 0.15) is 16.2 Å². The van der Waals surface area contributed by atoms with Gasteiger partial charge < -0.3 is 4.74 Å². The fourth-order valence-corrected chi connectivity index (χ4v) is 6.51. The van der Waals surface area contributed by atoms with E-state index >= 15 is 0 Å².